The van der Waals surface area contributed by atoms with Crippen LogP contribution in [0.4, 0.5) is 5.69 Å². The molecule has 0 unspecified atom stereocenters. The van der Waals surface area contributed by atoms with E-state index in [9.17, 15) is 10.1 Å². The van der Waals surface area contributed by atoms with E-state index in [0.717, 1.165) is 11.1 Å². The van der Waals surface area contributed by atoms with Gasteiger partial charge in [-0.2, -0.15) is 0 Å². The van der Waals surface area contributed by atoms with Gasteiger partial charge in [0.25, 0.3) is 5.69 Å². The maximum Gasteiger partial charge on any atom is 0.270 e. The number of hydrogen-bond acceptors (Lipinski definition) is 5. The number of benzene rings is 2. The molecule has 118 valence electrons. The fraction of sp³-hybridized carbons (Fsp3) is 0.200. The molecule has 0 saturated carbocycles. The van der Waals surface area contributed by atoms with Gasteiger partial charge < -0.3 is 15.2 Å². The maximum atomic E-state index is 10.8. The smallest absolute Gasteiger partial charge is 0.270 e. The number of halogens is 1. The molecule has 2 rings (SSSR count). The van der Waals surface area contributed by atoms with Crippen LogP contribution in [0, 0.1) is 10.1 Å². The van der Waals surface area contributed by atoms with Crippen molar-refractivity contribution >= 4 is 18.1 Å². The Hall–Kier alpha value is -2.31. The number of methoxy groups -OCH3 is 1. The topological polar surface area (TPSA) is 87.6 Å². The number of ether oxygens (including phenoxy) is 2. The Labute approximate surface area is 134 Å². The summed E-state index contributed by atoms with van der Waals surface area (Å²) >= 11 is 0. The largest absolute Gasteiger partial charge is 0.493 e. The Morgan fingerprint density at radius 2 is 1.86 bits per heavy atom. The standard InChI is InChI=1S/C15H16N2O4.ClH/c1-20-15-10-12(5-6-14(15)21-8-7-16)11-3-2-4-13(9-11)17(18)19;/h2-6,9-10H,7-8,16H2,1H3;1H. The van der Waals surface area contributed by atoms with Gasteiger partial charge in [-0.1, -0.05) is 18.2 Å². The molecule has 0 bridgehead atoms. The Bertz CT molecular complexity index is 649. The van der Waals surface area contributed by atoms with Crippen LogP contribution in [-0.4, -0.2) is 25.2 Å². The second kappa shape index (κ2) is 8.21. The van der Waals surface area contributed by atoms with Crippen LogP contribution >= 0.6 is 12.4 Å². The van der Waals surface area contributed by atoms with Crippen molar-refractivity contribution in [2.45, 2.75) is 0 Å². The van der Waals surface area contributed by atoms with Crippen molar-refractivity contribution in [2.75, 3.05) is 20.3 Å². The van der Waals surface area contributed by atoms with Gasteiger partial charge in [-0.3, -0.25) is 10.1 Å². The number of nitro benzene ring substituents is 1. The molecule has 0 fully saturated rings. The second-order valence-corrected chi connectivity index (χ2v) is 4.31. The summed E-state index contributed by atoms with van der Waals surface area (Å²) in [4.78, 5) is 10.4. The highest BCUT2D eigenvalue weighted by Crippen LogP contribution is 2.33. The van der Waals surface area contributed by atoms with Gasteiger partial charge >= 0.3 is 0 Å². The van der Waals surface area contributed by atoms with Crippen LogP contribution in [0.15, 0.2) is 42.5 Å². The molecule has 0 aromatic heterocycles. The Kier molecular flexibility index (Phi) is 6.62. The van der Waals surface area contributed by atoms with E-state index >= 15 is 0 Å². The molecule has 0 aliphatic carbocycles. The molecule has 22 heavy (non-hydrogen) atoms. The molecule has 6 nitrogen and oxygen atoms in total. The highest BCUT2D eigenvalue weighted by atomic mass is 35.5. The van der Waals surface area contributed by atoms with Gasteiger partial charge in [0, 0.05) is 18.7 Å². The summed E-state index contributed by atoms with van der Waals surface area (Å²) < 4.78 is 10.8. The van der Waals surface area contributed by atoms with Gasteiger partial charge in [-0.25, -0.2) is 0 Å². The SMILES string of the molecule is COc1cc(-c2cccc([N+](=O)[O-])c2)ccc1OCCN.Cl. The quantitative estimate of drug-likeness (QED) is 0.651. The van der Waals surface area contributed by atoms with Crippen LogP contribution in [0.25, 0.3) is 11.1 Å². The lowest BCUT2D eigenvalue weighted by Crippen LogP contribution is -2.11. The molecule has 0 heterocycles. The fourth-order valence-electron chi connectivity index (χ4n) is 1.93. The van der Waals surface area contributed by atoms with E-state index in [2.05, 4.69) is 0 Å². The van der Waals surface area contributed by atoms with Gasteiger partial charge in [-0.05, 0) is 23.3 Å². The van der Waals surface area contributed by atoms with Gasteiger partial charge in [0.05, 0.1) is 12.0 Å². The van der Waals surface area contributed by atoms with Crippen molar-refractivity contribution in [2.24, 2.45) is 5.73 Å². The minimum absolute atomic E-state index is 0. The lowest BCUT2D eigenvalue weighted by atomic mass is 10.0. The van der Waals surface area contributed by atoms with Crippen LogP contribution in [-0.2, 0) is 0 Å². The third-order valence-corrected chi connectivity index (χ3v) is 2.93. The average Bonchev–Trinajstić information content (AvgIpc) is 2.52. The molecule has 7 heteroatoms. The maximum absolute atomic E-state index is 10.8. The van der Waals surface area contributed by atoms with Crippen LogP contribution in [0.1, 0.15) is 0 Å². The molecule has 2 N–H and O–H groups in total. The minimum atomic E-state index is -0.417. The zero-order valence-corrected chi connectivity index (χ0v) is 12.8. The summed E-state index contributed by atoms with van der Waals surface area (Å²) in [5.41, 5.74) is 7.01. The molecular weight excluding hydrogens is 308 g/mol. The zero-order valence-electron chi connectivity index (χ0n) is 12.0. The van der Waals surface area contributed by atoms with E-state index in [1.54, 1.807) is 25.3 Å². The molecule has 0 saturated heterocycles. The number of nitrogens with zero attached hydrogens (tertiary/aromatic N) is 1. The fourth-order valence-corrected chi connectivity index (χ4v) is 1.93. The average molecular weight is 325 g/mol. The summed E-state index contributed by atoms with van der Waals surface area (Å²) in [6, 6.07) is 11.8. The predicted molar refractivity (Wildman–Crippen MR) is 86.9 cm³/mol. The minimum Gasteiger partial charge on any atom is -0.493 e. The lowest BCUT2D eigenvalue weighted by molar-refractivity contribution is -0.384. The molecule has 2 aromatic rings. The van der Waals surface area contributed by atoms with Gasteiger partial charge in [0.1, 0.15) is 6.61 Å². The van der Waals surface area contributed by atoms with Crippen molar-refractivity contribution in [1.82, 2.24) is 0 Å². The first-order valence-electron chi connectivity index (χ1n) is 6.41. The van der Waals surface area contributed by atoms with Crippen molar-refractivity contribution < 1.29 is 14.4 Å². The molecule has 0 atom stereocenters. The van der Waals surface area contributed by atoms with Gasteiger partial charge in [0.2, 0.25) is 0 Å². The third kappa shape index (κ3) is 4.09. The highest BCUT2D eigenvalue weighted by Gasteiger charge is 2.10. The van der Waals surface area contributed by atoms with E-state index in [1.165, 1.54) is 12.1 Å². The van der Waals surface area contributed by atoms with Gasteiger partial charge in [0.15, 0.2) is 11.5 Å². The Morgan fingerprint density at radius 1 is 1.14 bits per heavy atom. The highest BCUT2D eigenvalue weighted by molar-refractivity contribution is 5.85. The first kappa shape index (κ1) is 17.7. The van der Waals surface area contributed by atoms with Crippen LogP contribution in [0.5, 0.6) is 11.5 Å². The number of hydrogen-bond donors (Lipinski definition) is 1. The van der Waals surface area contributed by atoms with E-state index in [1.807, 2.05) is 12.1 Å². The van der Waals surface area contributed by atoms with Crippen LogP contribution in [0.3, 0.4) is 0 Å². The molecule has 0 amide bonds. The molecule has 0 aliphatic rings. The van der Waals surface area contributed by atoms with Crippen LogP contribution < -0.4 is 15.2 Å². The van der Waals surface area contributed by atoms with Crippen molar-refractivity contribution in [3.8, 4) is 22.6 Å². The molecular formula is C15H17ClN2O4. The number of nitrogens with two attached hydrogens (primary N) is 1. The molecule has 0 radical (unpaired) electrons. The van der Waals surface area contributed by atoms with Crippen LogP contribution in [0.2, 0.25) is 0 Å². The van der Waals surface area contributed by atoms with Crippen molar-refractivity contribution in [3.63, 3.8) is 0 Å². The summed E-state index contributed by atoms with van der Waals surface area (Å²) in [5, 5.41) is 10.8. The monoisotopic (exact) mass is 324 g/mol. The number of non-ortho nitro benzene ring substituents is 1. The van der Waals surface area contributed by atoms with Crippen molar-refractivity contribution in [3.05, 3.63) is 52.6 Å². The third-order valence-electron chi connectivity index (χ3n) is 2.93. The first-order chi connectivity index (χ1) is 10.2. The van der Waals surface area contributed by atoms with E-state index in [-0.39, 0.29) is 18.1 Å². The Morgan fingerprint density at radius 3 is 2.50 bits per heavy atom. The lowest BCUT2D eigenvalue weighted by Gasteiger charge is -2.11. The predicted octanol–water partition coefficient (Wildman–Crippen LogP) is 3.03. The van der Waals surface area contributed by atoms with E-state index in [0.29, 0.717) is 24.7 Å². The van der Waals surface area contributed by atoms with E-state index < -0.39 is 4.92 Å². The number of nitro groups is 1. The Balaban J connectivity index is 0.00000242. The molecule has 2 aromatic carbocycles. The number of rotatable bonds is 6. The molecule has 0 spiro atoms. The van der Waals surface area contributed by atoms with E-state index in [4.69, 9.17) is 15.2 Å². The van der Waals surface area contributed by atoms with Crippen molar-refractivity contribution in [1.29, 1.82) is 0 Å². The first-order valence-corrected chi connectivity index (χ1v) is 6.41. The summed E-state index contributed by atoms with van der Waals surface area (Å²) in [6.45, 7) is 0.808. The summed E-state index contributed by atoms with van der Waals surface area (Å²) in [5.74, 6) is 1.16. The summed E-state index contributed by atoms with van der Waals surface area (Å²) in [7, 11) is 1.54. The molecule has 0 aliphatic heterocycles. The van der Waals surface area contributed by atoms with Gasteiger partial charge in [-0.15, -0.1) is 12.4 Å². The summed E-state index contributed by atoms with van der Waals surface area (Å²) in [6.07, 6.45) is 0. The normalized spacial score (nSPS) is 9.73. The zero-order chi connectivity index (χ0) is 15.2. The second-order valence-electron chi connectivity index (χ2n) is 4.31.